The third-order valence-corrected chi connectivity index (χ3v) is 3.90. The van der Waals surface area contributed by atoms with Crippen molar-refractivity contribution in [3.8, 4) is 5.69 Å². The fourth-order valence-electron chi connectivity index (χ4n) is 2.51. The van der Waals surface area contributed by atoms with Crippen molar-refractivity contribution in [1.29, 1.82) is 0 Å². The van der Waals surface area contributed by atoms with Crippen LogP contribution in [0, 0.1) is 19.7 Å². The molecule has 0 aliphatic rings. The van der Waals surface area contributed by atoms with E-state index in [1.165, 1.54) is 30.5 Å². The highest BCUT2D eigenvalue weighted by Crippen LogP contribution is 2.15. The Labute approximate surface area is 149 Å². The zero-order valence-corrected chi connectivity index (χ0v) is 14.3. The minimum atomic E-state index is -0.540. The molecule has 0 bridgehead atoms. The van der Waals surface area contributed by atoms with Gasteiger partial charge < -0.3 is 0 Å². The molecule has 0 unspecified atom stereocenters. The Kier molecular flexibility index (Phi) is 4.79. The number of nitrogens with one attached hydrogen (secondary N) is 2. The SMILES string of the molecule is Cc1cccc(-n2ncc(C(=O)NNC(=O)c3ccc(F)cc3)c2C)c1. The average molecular weight is 352 g/mol. The van der Waals surface area contributed by atoms with Crippen molar-refractivity contribution < 1.29 is 14.0 Å². The molecule has 0 spiro atoms. The number of hydrogen-bond acceptors (Lipinski definition) is 3. The second-order valence-corrected chi connectivity index (χ2v) is 5.81. The number of aromatic nitrogens is 2. The van der Waals surface area contributed by atoms with Gasteiger partial charge in [0.05, 0.1) is 23.1 Å². The summed E-state index contributed by atoms with van der Waals surface area (Å²) in [5.41, 5.74) is 7.79. The van der Waals surface area contributed by atoms with Crippen LogP contribution < -0.4 is 10.9 Å². The Balaban J connectivity index is 1.71. The summed E-state index contributed by atoms with van der Waals surface area (Å²) in [5.74, 6) is -1.47. The van der Waals surface area contributed by atoms with Crippen molar-refractivity contribution in [2.75, 3.05) is 0 Å². The molecule has 26 heavy (non-hydrogen) atoms. The van der Waals surface area contributed by atoms with E-state index in [-0.39, 0.29) is 5.56 Å². The summed E-state index contributed by atoms with van der Waals surface area (Å²) in [4.78, 5) is 24.3. The number of amides is 2. The summed E-state index contributed by atoms with van der Waals surface area (Å²) < 4.78 is 14.5. The molecule has 0 aliphatic heterocycles. The van der Waals surface area contributed by atoms with Crippen LogP contribution in [0.5, 0.6) is 0 Å². The first-order valence-electron chi connectivity index (χ1n) is 7.93. The molecule has 1 heterocycles. The zero-order valence-electron chi connectivity index (χ0n) is 14.3. The number of hydrazine groups is 1. The summed E-state index contributed by atoms with van der Waals surface area (Å²) in [6.07, 6.45) is 1.44. The largest absolute Gasteiger partial charge is 0.273 e. The summed E-state index contributed by atoms with van der Waals surface area (Å²) in [5, 5.41) is 4.24. The van der Waals surface area contributed by atoms with Crippen molar-refractivity contribution >= 4 is 11.8 Å². The van der Waals surface area contributed by atoms with Gasteiger partial charge in [-0.25, -0.2) is 9.07 Å². The molecule has 7 heteroatoms. The lowest BCUT2D eigenvalue weighted by atomic mass is 10.2. The van der Waals surface area contributed by atoms with Gasteiger partial charge in [-0.3, -0.25) is 20.4 Å². The maximum Gasteiger partial charge on any atom is 0.273 e. The molecule has 0 saturated heterocycles. The molecule has 0 saturated carbocycles. The monoisotopic (exact) mass is 352 g/mol. The lowest BCUT2D eigenvalue weighted by molar-refractivity contribution is 0.0846. The van der Waals surface area contributed by atoms with Crippen molar-refractivity contribution in [3.05, 3.63) is 82.9 Å². The number of rotatable bonds is 3. The minimum absolute atomic E-state index is 0.235. The summed E-state index contributed by atoms with van der Waals surface area (Å²) in [7, 11) is 0. The van der Waals surface area contributed by atoms with Crippen LogP contribution in [0.1, 0.15) is 32.0 Å². The number of nitrogens with zero attached hydrogens (tertiary/aromatic N) is 2. The number of carbonyl (C=O) groups excluding carboxylic acids is 2. The summed E-state index contributed by atoms with van der Waals surface area (Å²) in [6, 6.07) is 12.7. The van der Waals surface area contributed by atoms with Gasteiger partial charge in [0.2, 0.25) is 0 Å². The lowest BCUT2D eigenvalue weighted by Crippen LogP contribution is -2.41. The van der Waals surface area contributed by atoms with E-state index in [0.717, 1.165) is 11.3 Å². The van der Waals surface area contributed by atoms with Crippen LogP contribution in [0.25, 0.3) is 5.69 Å². The Morgan fingerprint density at radius 2 is 1.69 bits per heavy atom. The smallest absolute Gasteiger partial charge is 0.267 e. The van der Waals surface area contributed by atoms with E-state index in [0.29, 0.717) is 11.3 Å². The highest BCUT2D eigenvalue weighted by molar-refractivity contribution is 5.99. The maximum absolute atomic E-state index is 12.9. The van der Waals surface area contributed by atoms with Gasteiger partial charge in [-0.15, -0.1) is 0 Å². The molecule has 6 nitrogen and oxygen atoms in total. The van der Waals surface area contributed by atoms with Crippen LogP contribution in [0.4, 0.5) is 4.39 Å². The highest BCUT2D eigenvalue weighted by Gasteiger charge is 2.16. The normalized spacial score (nSPS) is 10.4. The lowest BCUT2D eigenvalue weighted by Gasteiger charge is -2.08. The highest BCUT2D eigenvalue weighted by atomic mass is 19.1. The maximum atomic E-state index is 12.9. The summed E-state index contributed by atoms with van der Waals surface area (Å²) in [6.45, 7) is 3.74. The van der Waals surface area contributed by atoms with Gasteiger partial charge in [0.15, 0.2) is 0 Å². The molecule has 3 aromatic rings. The van der Waals surface area contributed by atoms with E-state index in [4.69, 9.17) is 0 Å². The van der Waals surface area contributed by atoms with Crippen LogP contribution in [0.3, 0.4) is 0 Å². The zero-order chi connectivity index (χ0) is 18.7. The second kappa shape index (κ2) is 7.18. The predicted molar refractivity (Wildman–Crippen MR) is 94.4 cm³/mol. The van der Waals surface area contributed by atoms with Crippen molar-refractivity contribution in [1.82, 2.24) is 20.6 Å². The molecule has 0 fully saturated rings. The molecular weight excluding hydrogens is 335 g/mol. The first-order chi connectivity index (χ1) is 12.5. The van der Waals surface area contributed by atoms with Crippen LogP contribution >= 0.6 is 0 Å². The fourth-order valence-corrected chi connectivity index (χ4v) is 2.51. The molecule has 0 radical (unpaired) electrons. The van der Waals surface area contributed by atoms with Crippen molar-refractivity contribution in [3.63, 3.8) is 0 Å². The van der Waals surface area contributed by atoms with Crippen molar-refractivity contribution in [2.45, 2.75) is 13.8 Å². The topological polar surface area (TPSA) is 76.0 Å². The van der Waals surface area contributed by atoms with Gasteiger partial charge in [0, 0.05) is 5.56 Å². The van der Waals surface area contributed by atoms with Crippen LogP contribution in [0.2, 0.25) is 0 Å². The Bertz CT molecular complexity index is 964. The third-order valence-electron chi connectivity index (χ3n) is 3.90. The number of halogens is 1. The van der Waals surface area contributed by atoms with Crippen LogP contribution in [-0.4, -0.2) is 21.6 Å². The number of carbonyl (C=O) groups is 2. The first-order valence-corrected chi connectivity index (χ1v) is 7.93. The quantitative estimate of drug-likeness (QED) is 0.712. The van der Waals surface area contributed by atoms with Crippen LogP contribution in [0.15, 0.2) is 54.7 Å². The number of hydrogen-bond donors (Lipinski definition) is 2. The molecule has 2 N–H and O–H groups in total. The molecule has 1 aromatic heterocycles. The molecular formula is C19H17FN4O2. The van der Waals surface area contributed by atoms with Gasteiger partial charge >= 0.3 is 0 Å². The molecule has 2 aromatic carbocycles. The predicted octanol–water partition coefficient (Wildman–Crippen LogP) is 2.70. The van der Waals surface area contributed by atoms with E-state index < -0.39 is 17.6 Å². The summed E-state index contributed by atoms with van der Waals surface area (Å²) >= 11 is 0. The van der Waals surface area contributed by atoms with Gasteiger partial charge in [-0.2, -0.15) is 5.10 Å². The van der Waals surface area contributed by atoms with E-state index in [1.54, 1.807) is 11.6 Å². The van der Waals surface area contributed by atoms with Gasteiger partial charge in [0.1, 0.15) is 5.82 Å². The standard InChI is InChI=1S/C19H17FN4O2/c1-12-4-3-5-16(10-12)24-13(2)17(11-21-24)19(26)23-22-18(25)14-6-8-15(20)9-7-14/h3-11H,1-2H3,(H,22,25)(H,23,26). The van der Waals surface area contributed by atoms with Crippen LogP contribution in [-0.2, 0) is 0 Å². The molecule has 2 amide bonds. The average Bonchev–Trinajstić information content (AvgIpc) is 3.01. The van der Waals surface area contributed by atoms with E-state index in [9.17, 15) is 14.0 Å². The Hall–Kier alpha value is -3.48. The molecule has 0 atom stereocenters. The second-order valence-electron chi connectivity index (χ2n) is 5.81. The Morgan fingerprint density at radius 3 is 2.38 bits per heavy atom. The fraction of sp³-hybridized carbons (Fsp3) is 0.105. The molecule has 132 valence electrons. The van der Waals surface area contributed by atoms with Gasteiger partial charge in [-0.05, 0) is 55.8 Å². The Morgan fingerprint density at radius 1 is 1.00 bits per heavy atom. The minimum Gasteiger partial charge on any atom is -0.267 e. The van der Waals surface area contributed by atoms with Crippen molar-refractivity contribution in [2.24, 2.45) is 0 Å². The molecule has 0 aliphatic carbocycles. The van der Waals surface area contributed by atoms with E-state index in [1.807, 2.05) is 31.2 Å². The first kappa shape index (κ1) is 17.3. The molecule has 3 rings (SSSR count). The van der Waals surface area contributed by atoms with Gasteiger partial charge in [-0.1, -0.05) is 12.1 Å². The number of aryl methyl sites for hydroxylation is 1. The number of benzene rings is 2. The van der Waals surface area contributed by atoms with E-state index in [2.05, 4.69) is 16.0 Å². The van der Waals surface area contributed by atoms with Gasteiger partial charge in [0.25, 0.3) is 11.8 Å². The third kappa shape index (κ3) is 3.61. The van der Waals surface area contributed by atoms with E-state index >= 15 is 0 Å².